The molecule has 1 unspecified atom stereocenters. The first-order valence-electron chi connectivity index (χ1n) is 6.89. The van der Waals surface area contributed by atoms with Crippen LogP contribution in [0, 0.1) is 5.92 Å². The van der Waals surface area contributed by atoms with E-state index >= 15 is 0 Å². The second-order valence-electron chi connectivity index (χ2n) is 5.87. The molecule has 2 fully saturated rings. The minimum atomic E-state index is -0.623. The SMILES string of the molecule is NC(Cc1ccccc1)C(=O)N1CC(O)(C2CC2)C1. The van der Waals surface area contributed by atoms with E-state index in [-0.39, 0.29) is 5.91 Å². The Balaban J connectivity index is 1.53. The largest absolute Gasteiger partial charge is 0.386 e. The standard InChI is InChI=1S/C15H20N2O2/c16-13(8-11-4-2-1-3-5-11)14(18)17-9-15(19,10-17)12-6-7-12/h1-5,12-13,19H,6-10,16H2. The van der Waals surface area contributed by atoms with Gasteiger partial charge in [-0.3, -0.25) is 4.79 Å². The molecule has 3 rings (SSSR count). The van der Waals surface area contributed by atoms with Crippen LogP contribution in [0.2, 0.25) is 0 Å². The van der Waals surface area contributed by atoms with E-state index in [1.165, 1.54) is 0 Å². The van der Waals surface area contributed by atoms with Gasteiger partial charge in [-0.15, -0.1) is 0 Å². The third kappa shape index (κ3) is 2.51. The first-order valence-corrected chi connectivity index (χ1v) is 6.89. The number of carbonyl (C=O) groups is 1. The van der Waals surface area contributed by atoms with E-state index in [0.29, 0.717) is 25.4 Å². The van der Waals surface area contributed by atoms with E-state index in [1.54, 1.807) is 4.90 Å². The minimum absolute atomic E-state index is 0.0471. The van der Waals surface area contributed by atoms with Gasteiger partial charge in [-0.05, 0) is 30.7 Å². The summed E-state index contributed by atoms with van der Waals surface area (Å²) in [5.74, 6) is 0.357. The number of nitrogens with two attached hydrogens (primary N) is 1. The molecule has 1 aromatic carbocycles. The summed E-state index contributed by atoms with van der Waals surface area (Å²) in [6, 6.07) is 9.28. The number of β-amino-alcohol motifs (C(OH)–C–C–N with tert-alkyl or cyclic N) is 1. The van der Waals surface area contributed by atoms with Gasteiger partial charge in [0, 0.05) is 0 Å². The molecule has 1 saturated carbocycles. The summed E-state index contributed by atoms with van der Waals surface area (Å²) in [5, 5.41) is 10.2. The Morgan fingerprint density at radius 2 is 2.00 bits per heavy atom. The number of aliphatic hydroxyl groups is 1. The van der Waals surface area contributed by atoms with Gasteiger partial charge in [0.05, 0.1) is 19.1 Å². The van der Waals surface area contributed by atoms with Crippen LogP contribution in [0.1, 0.15) is 18.4 Å². The molecule has 0 aromatic heterocycles. The van der Waals surface area contributed by atoms with E-state index in [2.05, 4.69) is 0 Å². The lowest BCUT2D eigenvalue weighted by atomic mass is 9.88. The number of nitrogens with zero attached hydrogens (tertiary/aromatic N) is 1. The van der Waals surface area contributed by atoms with Gasteiger partial charge in [0.15, 0.2) is 0 Å². The quantitative estimate of drug-likeness (QED) is 0.830. The summed E-state index contributed by atoms with van der Waals surface area (Å²) < 4.78 is 0. The lowest BCUT2D eigenvalue weighted by molar-refractivity contribution is -0.160. The summed E-state index contributed by atoms with van der Waals surface area (Å²) >= 11 is 0. The number of carbonyl (C=O) groups excluding carboxylic acids is 1. The maximum absolute atomic E-state index is 12.2. The fourth-order valence-electron chi connectivity index (χ4n) is 2.84. The molecule has 102 valence electrons. The van der Waals surface area contributed by atoms with Crippen molar-refractivity contribution in [1.29, 1.82) is 0 Å². The number of rotatable bonds is 4. The predicted molar refractivity (Wildman–Crippen MR) is 72.4 cm³/mol. The van der Waals surface area contributed by atoms with Crippen LogP contribution in [0.4, 0.5) is 0 Å². The van der Waals surface area contributed by atoms with Gasteiger partial charge in [-0.25, -0.2) is 0 Å². The second kappa shape index (κ2) is 4.62. The Labute approximate surface area is 113 Å². The maximum Gasteiger partial charge on any atom is 0.240 e. The zero-order chi connectivity index (χ0) is 13.5. The summed E-state index contributed by atoms with van der Waals surface area (Å²) in [7, 11) is 0. The van der Waals surface area contributed by atoms with Crippen molar-refractivity contribution in [3.8, 4) is 0 Å². The van der Waals surface area contributed by atoms with Crippen molar-refractivity contribution in [3.63, 3.8) is 0 Å². The molecule has 0 spiro atoms. The topological polar surface area (TPSA) is 66.6 Å². The van der Waals surface area contributed by atoms with Crippen molar-refractivity contribution in [2.45, 2.75) is 30.9 Å². The number of amides is 1. The number of hydrogen-bond acceptors (Lipinski definition) is 3. The van der Waals surface area contributed by atoms with Crippen LogP contribution >= 0.6 is 0 Å². The molecule has 1 saturated heterocycles. The highest BCUT2D eigenvalue weighted by Gasteiger charge is 2.53. The Morgan fingerprint density at radius 3 is 2.58 bits per heavy atom. The molecular formula is C15H20N2O2. The fourth-order valence-corrected chi connectivity index (χ4v) is 2.84. The van der Waals surface area contributed by atoms with Crippen molar-refractivity contribution in [3.05, 3.63) is 35.9 Å². The number of benzene rings is 1. The predicted octanol–water partition coefficient (Wildman–Crippen LogP) is 0.540. The Hall–Kier alpha value is -1.39. The van der Waals surface area contributed by atoms with Crippen LogP contribution in [0.25, 0.3) is 0 Å². The minimum Gasteiger partial charge on any atom is -0.386 e. The van der Waals surface area contributed by atoms with Gasteiger partial charge < -0.3 is 15.7 Å². The molecule has 4 heteroatoms. The van der Waals surface area contributed by atoms with Crippen molar-refractivity contribution in [2.75, 3.05) is 13.1 Å². The van der Waals surface area contributed by atoms with Gasteiger partial charge in [0.1, 0.15) is 5.60 Å². The first-order chi connectivity index (χ1) is 9.08. The normalized spacial score (nSPS) is 22.7. The molecule has 1 aromatic rings. The van der Waals surface area contributed by atoms with Gasteiger partial charge in [-0.2, -0.15) is 0 Å². The van der Waals surface area contributed by atoms with Gasteiger partial charge >= 0.3 is 0 Å². The third-order valence-corrected chi connectivity index (χ3v) is 4.19. The lowest BCUT2D eigenvalue weighted by Crippen LogP contribution is -2.67. The molecule has 0 radical (unpaired) electrons. The van der Waals surface area contributed by atoms with Crippen LogP contribution in [-0.4, -0.2) is 40.6 Å². The summed E-state index contributed by atoms with van der Waals surface area (Å²) in [6.45, 7) is 0.915. The van der Waals surface area contributed by atoms with Crippen molar-refractivity contribution < 1.29 is 9.90 Å². The molecule has 1 heterocycles. The summed E-state index contributed by atoms with van der Waals surface area (Å²) in [5.41, 5.74) is 6.41. The van der Waals surface area contributed by atoms with Crippen molar-refractivity contribution >= 4 is 5.91 Å². The van der Waals surface area contributed by atoms with Crippen LogP contribution in [0.3, 0.4) is 0 Å². The van der Waals surface area contributed by atoms with Gasteiger partial charge in [-0.1, -0.05) is 30.3 Å². The lowest BCUT2D eigenvalue weighted by Gasteiger charge is -2.47. The van der Waals surface area contributed by atoms with E-state index < -0.39 is 11.6 Å². The van der Waals surface area contributed by atoms with E-state index in [9.17, 15) is 9.90 Å². The molecule has 19 heavy (non-hydrogen) atoms. The Morgan fingerprint density at radius 1 is 1.37 bits per heavy atom. The van der Waals surface area contributed by atoms with E-state index in [1.807, 2.05) is 30.3 Å². The Bertz CT molecular complexity index is 464. The molecule has 2 aliphatic rings. The van der Waals surface area contributed by atoms with Gasteiger partial charge in [0.2, 0.25) is 5.91 Å². The molecule has 3 N–H and O–H groups in total. The molecule has 1 amide bonds. The molecule has 1 aliphatic carbocycles. The highest BCUT2D eigenvalue weighted by Crippen LogP contribution is 2.44. The third-order valence-electron chi connectivity index (χ3n) is 4.19. The van der Waals surface area contributed by atoms with Crippen LogP contribution in [0.15, 0.2) is 30.3 Å². The monoisotopic (exact) mass is 260 g/mol. The zero-order valence-electron chi connectivity index (χ0n) is 11.0. The van der Waals surface area contributed by atoms with E-state index in [0.717, 1.165) is 18.4 Å². The van der Waals surface area contributed by atoms with E-state index in [4.69, 9.17) is 5.73 Å². The zero-order valence-corrected chi connectivity index (χ0v) is 11.0. The summed E-state index contributed by atoms with van der Waals surface area (Å²) in [6.07, 6.45) is 2.74. The van der Waals surface area contributed by atoms with Gasteiger partial charge in [0.25, 0.3) is 0 Å². The molecule has 0 bridgehead atoms. The smallest absolute Gasteiger partial charge is 0.240 e. The average molecular weight is 260 g/mol. The average Bonchev–Trinajstić information content (AvgIpc) is 3.20. The molecule has 1 aliphatic heterocycles. The number of hydrogen-bond donors (Lipinski definition) is 2. The highest BCUT2D eigenvalue weighted by atomic mass is 16.3. The molecular weight excluding hydrogens is 240 g/mol. The molecule has 1 atom stereocenters. The number of likely N-dealkylation sites (tertiary alicyclic amines) is 1. The summed E-state index contributed by atoms with van der Waals surface area (Å²) in [4.78, 5) is 13.8. The van der Waals surface area contributed by atoms with Crippen LogP contribution in [-0.2, 0) is 11.2 Å². The Kier molecular flexibility index (Phi) is 3.07. The molecule has 4 nitrogen and oxygen atoms in total. The first kappa shape index (κ1) is 12.6. The van der Waals surface area contributed by atoms with Crippen molar-refractivity contribution in [1.82, 2.24) is 4.90 Å². The highest BCUT2D eigenvalue weighted by molar-refractivity contribution is 5.83. The maximum atomic E-state index is 12.2. The fraction of sp³-hybridized carbons (Fsp3) is 0.533. The second-order valence-corrected chi connectivity index (χ2v) is 5.87. The van der Waals surface area contributed by atoms with Crippen LogP contribution < -0.4 is 5.73 Å². The van der Waals surface area contributed by atoms with Crippen LogP contribution in [0.5, 0.6) is 0 Å². The van der Waals surface area contributed by atoms with Crippen molar-refractivity contribution in [2.24, 2.45) is 11.7 Å².